The Balaban J connectivity index is 1.68. The average molecular weight is 436 g/mol. The zero-order valence-electron chi connectivity index (χ0n) is 16.7. The third-order valence-corrected chi connectivity index (χ3v) is 4.61. The van der Waals surface area contributed by atoms with E-state index in [1.54, 1.807) is 30.3 Å². The highest BCUT2D eigenvalue weighted by Gasteiger charge is 2.21. The second kappa shape index (κ2) is 9.30. The molecule has 32 heavy (non-hydrogen) atoms. The number of nitrogens with one attached hydrogen (secondary N) is 2. The van der Waals surface area contributed by atoms with E-state index in [-0.39, 0.29) is 16.9 Å². The van der Waals surface area contributed by atoms with E-state index in [2.05, 4.69) is 10.6 Å². The summed E-state index contributed by atoms with van der Waals surface area (Å²) in [6.45, 7) is 0.790. The van der Waals surface area contributed by atoms with Crippen molar-refractivity contribution in [2.75, 3.05) is 23.8 Å². The Morgan fingerprint density at radius 2 is 1.28 bits per heavy atom. The predicted molar refractivity (Wildman–Crippen MR) is 115 cm³/mol. The van der Waals surface area contributed by atoms with Gasteiger partial charge in [0.15, 0.2) is 11.5 Å². The van der Waals surface area contributed by atoms with Gasteiger partial charge in [-0.15, -0.1) is 0 Å². The summed E-state index contributed by atoms with van der Waals surface area (Å²) in [6, 6.07) is 16.0. The molecule has 2 N–H and O–H groups in total. The third kappa shape index (κ3) is 4.75. The van der Waals surface area contributed by atoms with Crippen LogP contribution >= 0.6 is 0 Å². The summed E-state index contributed by atoms with van der Waals surface area (Å²) in [5.74, 6) is -2.03. The van der Waals surface area contributed by atoms with Gasteiger partial charge < -0.3 is 20.1 Å². The monoisotopic (exact) mass is 436 g/mol. The summed E-state index contributed by atoms with van der Waals surface area (Å²) >= 11 is 0. The summed E-state index contributed by atoms with van der Waals surface area (Å²) in [4.78, 5) is 25.8. The van der Waals surface area contributed by atoms with E-state index in [0.29, 0.717) is 30.3 Å². The number of carbonyl (C=O) groups is 2. The summed E-state index contributed by atoms with van der Waals surface area (Å²) in [5, 5.41) is 4.76. The number of halogens is 2. The highest BCUT2D eigenvalue weighted by molar-refractivity contribution is 6.28. The maximum atomic E-state index is 14.0. The van der Waals surface area contributed by atoms with E-state index in [4.69, 9.17) is 9.47 Å². The lowest BCUT2D eigenvalue weighted by atomic mass is 10.1. The molecule has 1 aliphatic heterocycles. The maximum Gasteiger partial charge on any atom is 0.261 e. The molecule has 6 nitrogen and oxygen atoms in total. The van der Waals surface area contributed by atoms with E-state index in [1.165, 1.54) is 42.5 Å². The Bertz CT molecular complexity index is 1150. The first-order valence-electron chi connectivity index (χ1n) is 9.74. The van der Waals surface area contributed by atoms with Gasteiger partial charge in [0.25, 0.3) is 11.8 Å². The van der Waals surface area contributed by atoms with Gasteiger partial charge in [0.1, 0.15) is 30.4 Å². The second-order valence-electron chi connectivity index (χ2n) is 6.83. The predicted octanol–water partition coefficient (Wildman–Crippen LogP) is 4.40. The first-order valence-corrected chi connectivity index (χ1v) is 9.74. The molecule has 0 fully saturated rings. The molecule has 1 heterocycles. The van der Waals surface area contributed by atoms with Crippen molar-refractivity contribution in [2.24, 2.45) is 0 Å². The quantitative estimate of drug-likeness (QED) is 0.353. The number of hydrogen-bond donors (Lipinski definition) is 2. The number of fused-ring (bicyclic) bond motifs is 1. The van der Waals surface area contributed by atoms with Crippen molar-refractivity contribution < 1.29 is 27.8 Å². The van der Waals surface area contributed by atoms with Crippen LogP contribution in [0.25, 0.3) is 6.08 Å². The fraction of sp³-hybridized carbons (Fsp3) is 0.0833. The van der Waals surface area contributed by atoms with Crippen molar-refractivity contribution in [1.29, 1.82) is 0 Å². The second-order valence-corrected chi connectivity index (χ2v) is 6.83. The summed E-state index contributed by atoms with van der Waals surface area (Å²) in [6.07, 6.45) is 1.31. The Kier molecular flexibility index (Phi) is 6.12. The number of para-hydroxylation sites is 2. The minimum atomic E-state index is -0.862. The lowest BCUT2D eigenvalue weighted by molar-refractivity contribution is -0.118. The van der Waals surface area contributed by atoms with Gasteiger partial charge in [-0.05, 0) is 48.0 Å². The van der Waals surface area contributed by atoms with Crippen LogP contribution in [0.1, 0.15) is 5.56 Å². The summed E-state index contributed by atoms with van der Waals surface area (Å²) < 4.78 is 39.0. The van der Waals surface area contributed by atoms with Crippen LogP contribution in [0.4, 0.5) is 20.2 Å². The van der Waals surface area contributed by atoms with Gasteiger partial charge in [-0.3, -0.25) is 9.59 Å². The molecule has 0 bridgehead atoms. The third-order valence-electron chi connectivity index (χ3n) is 4.61. The average Bonchev–Trinajstić information content (AvgIpc) is 2.80. The van der Waals surface area contributed by atoms with Gasteiger partial charge in [-0.1, -0.05) is 30.3 Å². The fourth-order valence-corrected chi connectivity index (χ4v) is 3.06. The standard InChI is InChI=1S/C24H18F2N2O4/c25-17-5-1-3-7-19(17)27-23(29)16(24(30)28-20-8-4-2-6-18(20)26)13-15-9-10-21-22(14-15)32-12-11-31-21/h1-10,13-14H,11-12H2,(H,27,29)(H,28,30). The van der Waals surface area contributed by atoms with E-state index in [1.807, 2.05) is 0 Å². The minimum Gasteiger partial charge on any atom is -0.486 e. The minimum absolute atomic E-state index is 0.0933. The van der Waals surface area contributed by atoms with E-state index in [9.17, 15) is 18.4 Å². The molecule has 162 valence electrons. The van der Waals surface area contributed by atoms with Crippen molar-refractivity contribution in [3.8, 4) is 11.5 Å². The van der Waals surface area contributed by atoms with Gasteiger partial charge in [-0.25, -0.2) is 8.78 Å². The van der Waals surface area contributed by atoms with Crippen LogP contribution in [-0.4, -0.2) is 25.0 Å². The smallest absolute Gasteiger partial charge is 0.261 e. The number of benzene rings is 3. The Labute approximate surface area is 182 Å². The van der Waals surface area contributed by atoms with Crippen LogP contribution in [0.5, 0.6) is 11.5 Å². The summed E-state index contributed by atoms with van der Waals surface area (Å²) in [5.41, 5.74) is -0.0710. The normalized spacial score (nSPS) is 11.9. The first kappa shape index (κ1) is 21.0. The number of amides is 2. The molecule has 8 heteroatoms. The van der Waals surface area contributed by atoms with E-state index in [0.717, 1.165) is 0 Å². The molecule has 3 aromatic carbocycles. The molecule has 4 rings (SSSR count). The first-order chi connectivity index (χ1) is 15.5. The molecule has 0 saturated heterocycles. The van der Waals surface area contributed by atoms with Gasteiger partial charge in [0.05, 0.1) is 11.4 Å². The Morgan fingerprint density at radius 1 is 0.750 bits per heavy atom. The molecular weight excluding hydrogens is 418 g/mol. The van der Waals surface area contributed by atoms with Crippen LogP contribution < -0.4 is 20.1 Å². The zero-order valence-corrected chi connectivity index (χ0v) is 16.7. The molecule has 0 aromatic heterocycles. The van der Waals surface area contributed by atoms with Gasteiger partial charge in [0, 0.05) is 0 Å². The number of hydrogen-bond acceptors (Lipinski definition) is 4. The summed E-state index contributed by atoms with van der Waals surface area (Å²) in [7, 11) is 0. The highest BCUT2D eigenvalue weighted by Crippen LogP contribution is 2.31. The van der Waals surface area contributed by atoms with Crippen LogP contribution in [-0.2, 0) is 9.59 Å². The Morgan fingerprint density at radius 3 is 1.84 bits per heavy atom. The van der Waals surface area contributed by atoms with Gasteiger partial charge in [0.2, 0.25) is 0 Å². The molecule has 0 aliphatic carbocycles. The number of anilines is 2. The van der Waals surface area contributed by atoms with E-state index < -0.39 is 23.4 Å². The molecule has 3 aromatic rings. The highest BCUT2D eigenvalue weighted by atomic mass is 19.1. The molecular formula is C24H18F2N2O4. The number of ether oxygens (including phenoxy) is 2. The van der Waals surface area contributed by atoms with Crippen LogP contribution in [0.3, 0.4) is 0 Å². The number of carbonyl (C=O) groups excluding carboxylic acids is 2. The lowest BCUT2D eigenvalue weighted by Crippen LogP contribution is -2.26. The molecule has 0 radical (unpaired) electrons. The topological polar surface area (TPSA) is 76.7 Å². The molecule has 0 saturated carbocycles. The van der Waals surface area contributed by atoms with Crippen LogP contribution in [0.15, 0.2) is 72.3 Å². The maximum absolute atomic E-state index is 14.0. The number of rotatable bonds is 5. The molecule has 2 amide bonds. The van der Waals surface area contributed by atoms with Crippen LogP contribution in [0.2, 0.25) is 0 Å². The van der Waals surface area contributed by atoms with E-state index >= 15 is 0 Å². The molecule has 0 atom stereocenters. The Hall–Kier alpha value is -4.20. The lowest BCUT2D eigenvalue weighted by Gasteiger charge is -2.18. The van der Waals surface area contributed by atoms with Crippen molar-refractivity contribution in [2.45, 2.75) is 0 Å². The van der Waals surface area contributed by atoms with Crippen molar-refractivity contribution in [1.82, 2.24) is 0 Å². The molecule has 0 unspecified atom stereocenters. The van der Waals surface area contributed by atoms with Crippen molar-refractivity contribution in [3.63, 3.8) is 0 Å². The molecule has 0 spiro atoms. The van der Waals surface area contributed by atoms with Crippen LogP contribution in [0, 0.1) is 11.6 Å². The largest absolute Gasteiger partial charge is 0.486 e. The van der Waals surface area contributed by atoms with Gasteiger partial charge in [-0.2, -0.15) is 0 Å². The van der Waals surface area contributed by atoms with Gasteiger partial charge >= 0.3 is 0 Å². The van der Waals surface area contributed by atoms with Crippen molar-refractivity contribution >= 4 is 29.3 Å². The zero-order chi connectivity index (χ0) is 22.5. The SMILES string of the molecule is O=C(Nc1ccccc1F)C(=Cc1ccc2c(c1)OCCO2)C(=O)Nc1ccccc1F. The fourth-order valence-electron chi connectivity index (χ4n) is 3.06. The van der Waals surface area contributed by atoms with Crippen molar-refractivity contribution in [3.05, 3.63) is 89.5 Å². The molecule has 1 aliphatic rings.